The second-order valence-corrected chi connectivity index (χ2v) is 4.67. The molecule has 0 bridgehead atoms. The summed E-state index contributed by atoms with van der Waals surface area (Å²) in [5.41, 5.74) is 0. The molecule has 0 saturated heterocycles. The minimum absolute atomic E-state index is 0.103. The predicted molar refractivity (Wildman–Crippen MR) is 60.9 cm³/mol. The largest absolute Gasteiger partial charge is 0.395 e. The molecule has 1 aromatic heterocycles. The number of aliphatic hydroxyl groups is 1. The minimum Gasteiger partial charge on any atom is -0.395 e. The monoisotopic (exact) mass is 230 g/mol. The lowest BCUT2D eigenvalue weighted by Gasteiger charge is -2.18. The van der Waals surface area contributed by atoms with Crippen molar-refractivity contribution in [2.24, 2.45) is 7.05 Å². The molecule has 0 aliphatic heterocycles. The molecule has 6 heteroatoms. The van der Waals surface area contributed by atoms with Crippen molar-refractivity contribution in [3.8, 4) is 0 Å². The molecule has 1 rings (SSSR count). The van der Waals surface area contributed by atoms with E-state index in [1.807, 2.05) is 7.05 Å². The lowest BCUT2D eigenvalue weighted by molar-refractivity contribution is 0.247. The molecular weight excluding hydrogens is 212 g/mol. The van der Waals surface area contributed by atoms with Crippen molar-refractivity contribution in [3.63, 3.8) is 0 Å². The zero-order valence-corrected chi connectivity index (χ0v) is 10.2. The Morgan fingerprint density at radius 2 is 2.33 bits per heavy atom. The number of aromatic nitrogens is 3. The van der Waals surface area contributed by atoms with E-state index in [-0.39, 0.29) is 12.6 Å². The van der Waals surface area contributed by atoms with Gasteiger partial charge in [0.1, 0.15) is 6.33 Å². The molecule has 0 aliphatic carbocycles. The van der Waals surface area contributed by atoms with Crippen LogP contribution in [0, 0.1) is 0 Å². The van der Waals surface area contributed by atoms with Crippen LogP contribution in [-0.2, 0) is 7.05 Å². The molecule has 1 unspecified atom stereocenters. The molecule has 0 aromatic carbocycles. The summed E-state index contributed by atoms with van der Waals surface area (Å²) in [5.74, 6) is 0.793. The van der Waals surface area contributed by atoms with Gasteiger partial charge in [-0.05, 0) is 0 Å². The molecule has 86 valence electrons. The maximum atomic E-state index is 9.15. The van der Waals surface area contributed by atoms with Crippen molar-refractivity contribution in [2.45, 2.75) is 31.1 Å². The highest BCUT2D eigenvalue weighted by atomic mass is 32.2. The van der Waals surface area contributed by atoms with Crippen LogP contribution in [0.15, 0.2) is 11.5 Å². The fourth-order valence-electron chi connectivity index (χ4n) is 1.22. The Morgan fingerprint density at radius 1 is 1.60 bits per heavy atom. The Kier molecular flexibility index (Phi) is 5.07. The van der Waals surface area contributed by atoms with Gasteiger partial charge >= 0.3 is 0 Å². The zero-order valence-electron chi connectivity index (χ0n) is 9.34. The maximum absolute atomic E-state index is 9.15. The van der Waals surface area contributed by atoms with E-state index in [1.54, 1.807) is 16.4 Å². The molecular formula is C9H18N4OS. The summed E-state index contributed by atoms with van der Waals surface area (Å²) in [6, 6.07) is 0.481. The van der Waals surface area contributed by atoms with Crippen molar-refractivity contribution < 1.29 is 5.11 Å². The van der Waals surface area contributed by atoms with Gasteiger partial charge in [0.25, 0.3) is 0 Å². The topological polar surface area (TPSA) is 63.0 Å². The quantitative estimate of drug-likeness (QED) is 0.687. The summed E-state index contributed by atoms with van der Waals surface area (Å²) in [4.78, 5) is 4.11. The van der Waals surface area contributed by atoms with Crippen molar-refractivity contribution in [3.05, 3.63) is 6.33 Å². The molecule has 0 saturated carbocycles. The number of thioether (sulfide) groups is 1. The third kappa shape index (κ3) is 4.19. The first kappa shape index (κ1) is 12.5. The second-order valence-electron chi connectivity index (χ2n) is 3.68. The number of nitrogens with zero attached hydrogens (tertiary/aromatic N) is 3. The second kappa shape index (κ2) is 6.09. The van der Waals surface area contributed by atoms with E-state index in [0.717, 1.165) is 10.9 Å². The molecule has 1 atom stereocenters. The Bertz CT molecular complexity index is 289. The van der Waals surface area contributed by atoms with E-state index in [2.05, 4.69) is 29.2 Å². The third-order valence-electron chi connectivity index (χ3n) is 1.87. The van der Waals surface area contributed by atoms with Crippen LogP contribution in [0.4, 0.5) is 0 Å². The van der Waals surface area contributed by atoms with Crippen molar-refractivity contribution >= 4 is 11.8 Å². The van der Waals surface area contributed by atoms with Gasteiger partial charge in [0, 0.05) is 24.9 Å². The van der Waals surface area contributed by atoms with Crippen LogP contribution < -0.4 is 5.32 Å². The number of aliphatic hydroxyl groups excluding tert-OH is 1. The molecule has 1 aromatic rings. The molecule has 0 aliphatic rings. The van der Waals surface area contributed by atoms with Crippen LogP contribution >= 0.6 is 11.8 Å². The van der Waals surface area contributed by atoms with Crippen LogP contribution in [0.25, 0.3) is 0 Å². The molecule has 5 nitrogen and oxygen atoms in total. The predicted octanol–water partition coefficient (Wildman–Crippen LogP) is 0.266. The summed E-state index contributed by atoms with van der Waals surface area (Å²) < 4.78 is 1.73. The van der Waals surface area contributed by atoms with E-state index in [4.69, 9.17) is 5.11 Å². The van der Waals surface area contributed by atoms with E-state index in [9.17, 15) is 0 Å². The van der Waals surface area contributed by atoms with Crippen LogP contribution in [0.1, 0.15) is 13.8 Å². The maximum Gasteiger partial charge on any atom is 0.185 e. The van der Waals surface area contributed by atoms with Gasteiger partial charge < -0.3 is 10.4 Å². The fraction of sp³-hybridized carbons (Fsp3) is 0.778. The van der Waals surface area contributed by atoms with Gasteiger partial charge in [-0.3, -0.25) is 0 Å². The summed E-state index contributed by atoms with van der Waals surface area (Å²) in [6.45, 7) is 4.27. The molecule has 0 spiro atoms. The van der Waals surface area contributed by atoms with Crippen molar-refractivity contribution in [1.82, 2.24) is 20.1 Å². The molecule has 15 heavy (non-hydrogen) atoms. The van der Waals surface area contributed by atoms with Crippen LogP contribution in [0.3, 0.4) is 0 Å². The first-order valence-corrected chi connectivity index (χ1v) is 5.95. The molecule has 0 amide bonds. The third-order valence-corrected chi connectivity index (χ3v) is 3.07. The summed E-state index contributed by atoms with van der Waals surface area (Å²) in [7, 11) is 1.86. The highest BCUT2D eigenvalue weighted by molar-refractivity contribution is 7.99. The number of hydrogen-bond donors (Lipinski definition) is 2. The summed E-state index contributed by atoms with van der Waals surface area (Å²) >= 11 is 1.60. The Labute approximate surface area is 94.3 Å². The summed E-state index contributed by atoms with van der Waals surface area (Å²) in [5, 5.41) is 17.3. The Morgan fingerprint density at radius 3 is 2.80 bits per heavy atom. The standard InChI is InChI=1S/C9H18N4OS/c1-7(2)12-8(4-14)5-15-9-10-6-11-13(9)3/h6-8,12,14H,4-5H2,1-3H3. The molecule has 0 fully saturated rings. The number of hydrogen-bond acceptors (Lipinski definition) is 5. The van der Waals surface area contributed by atoms with Crippen LogP contribution in [0.2, 0.25) is 0 Å². The minimum atomic E-state index is 0.103. The first-order valence-electron chi connectivity index (χ1n) is 4.97. The van der Waals surface area contributed by atoms with E-state index < -0.39 is 0 Å². The van der Waals surface area contributed by atoms with Gasteiger partial charge in [-0.25, -0.2) is 9.67 Å². The molecule has 0 radical (unpaired) electrons. The summed E-state index contributed by atoms with van der Waals surface area (Å²) in [6.07, 6.45) is 1.53. The van der Waals surface area contributed by atoms with Crippen molar-refractivity contribution in [1.29, 1.82) is 0 Å². The number of rotatable bonds is 6. The van der Waals surface area contributed by atoms with E-state index in [1.165, 1.54) is 6.33 Å². The molecule has 2 N–H and O–H groups in total. The Balaban J connectivity index is 2.37. The Hall–Kier alpha value is -0.590. The normalized spacial score (nSPS) is 13.4. The smallest absolute Gasteiger partial charge is 0.185 e. The van der Waals surface area contributed by atoms with Gasteiger partial charge in [0.05, 0.1) is 6.61 Å². The van der Waals surface area contributed by atoms with E-state index >= 15 is 0 Å². The van der Waals surface area contributed by atoms with Gasteiger partial charge in [0.15, 0.2) is 5.16 Å². The average Bonchev–Trinajstić information content (AvgIpc) is 2.58. The highest BCUT2D eigenvalue weighted by Gasteiger charge is 2.10. The SMILES string of the molecule is CC(C)NC(CO)CSc1ncnn1C. The van der Waals surface area contributed by atoms with Gasteiger partial charge in [-0.1, -0.05) is 25.6 Å². The number of nitrogens with one attached hydrogen (secondary N) is 1. The lowest BCUT2D eigenvalue weighted by atomic mass is 10.3. The van der Waals surface area contributed by atoms with Gasteiger partial charge in [-0.2, -0.15) is 5.10 Å². The first-order chi connectivity index (χ1) is 7.13. The van der Waals surface area contributed by atoms with Gasteiger partial charge in [0.2, 0.25) is 0 Å². The zero-order chi connectivity index (χ0) is 11.3. The lowest BCUT2D eigenvalue weighted by Crippen LogP contribution is -2.39. The fourth-order valence-corrected chi connectivity index (χ4v) is 2.12. The van der Waals surface area contributed by atoms with Crippen LogP contribution in [-0.4, -0.2) is 44.3 Å². The highest BCUT2D eigenvalue weighted by Crippen LogP contribution is 2.14. The van der Waals surface area contributed by atoms with Gasteiger partial charge in [-0.15, -0.1) is 0 Å². The van der Waals surface area contributed by atoms with Crippen LogP contribution in [0.5, 0.6) is 0 Å². The van der Waals surface area contributed by atoms with Crippen molar-refractivity contribution in [2.75, 3.05) is 12.4 Å². The average molecular weight is 230 g/mol. The molecule has 1 heterocycles. The number of aryl methyl sites for hydroxylation is 1. The van der Waals surface area contributed by atoms with E-state index in [0.29, 0.717) is 6.04 Å².